The Morgan fingerprint density at radius 1 is 1.15 bits per heavy atom. The van der Waals surface area contributed by atoms with Gasteiger partial charge in [0.05, 0.1) is 12.5 Å². The van der Waals surface area contributed by atoms with Gasteiger partial charge in [-0.25, -0.2) is 5.48 Å². The lowest BCUT2D eigenvalue weighted by molar-refractivity contribution is -0.148. The maximum absolute atomic E-state index is 12.7. The molecule has 1 saturated carbocycles. The molecule has 2 heterocycles. The number of nitrogens with one attached hydrogen (secondary N) is 1. The van der Waals surface area contributed by atoms with E-state index in [1.807, 2.05) is 47.2 Å². The van der Waals surface area contributed by atoms with Crippen LogP contribution in [0.1, 0.15) is 28.7 Å². The number of carbonyl (C=O) groups excluding carboxylic acids is 1. The molecule has 3 atom stereocenters. The van der Waals surface area contributed by atoms with Crippen LogP contribution in [0.4, 0.5) is 13.2 Å². The number of halogens is 3. The van der Waals surface area contributed by atoms with Crippen LogP contribution in [0.15, 0.2) is 42.6 Å². The summed E-state index contributed by atoms with van der Waals surface area (Å²) < 4.78 is 40.0. The lowest BCUT2D eigenvalue weighted by atomic mass is 10.1. The van der Waals surface area contributed by atoms with Crippen LogP contribution in [0.2, 0.25) is 0 Å². The molecule has 0 radical (unpaired) electrons. The minimum absolute atomic E-state index is 0.0471. The van der Waals surface area contributed by atoms with E-state index in [4.69, 9.17) is 5.21 Å². The number of amides is 1. The van der Waals surface area contributed by atoms with Gasteiger partial charge in [0.2, 0.25) is 5.91 Å². The summed E-state index contributed by atoms with van der Waals surface area (Å²) in [6, 6.07) is 11.5. The monoisotopic (exact) mass is 379 g/mol. The van der Waals surface area contributed by atoms with Crippen LogP contribution in [-0.4, -0.2) is 39.8 Å². The van der Waals surface area contributed by atoms with Crippen LogP contribution in [0.5, 0.6) is 0 Å². The Bertz CT molecular complexity index is 834. The Morgan fingerprint density at radius 2 is 1.85 bits per heavy atom. The molecule has 0 saturated heterocycles. The van der Waals surface area contributed by atoms with Crippen molar-refractivity contribution in [2.24, 2.45) is 5.92 Å². The SMILES string of the molecule is O=C(NO)[C@@H]1[C@H](c2ccccc2)[C@H]1c1cc2n(c1)CCN(CC(F)(F)F)C2. The predicted molar refractivity (Wildman–Crippen MR) is 91.1 cm³/mol. The van der Waals surface area contributed by atoms with Gasteiger partial charge in [-0.2, -0.15) is 13.2 Å². The van der Waals surface area contributed by atoms with Crippen molar-refractivity contribution >= 4 is 5.91 Å². The Morgan fingerprint density at radius 3 is 2.52 bits per heavy atom. The van der Waals surface area contributed by atoms with Crippen molar-refractivity contribution in [1.29, 1.82) is 0 Å². The highest BCUT2D eigenvalue weighted by Crippen LogP contribution is 2.60. The fourth-order valence-electron chi connectivity index (χ4n) is 4.26. The third-order valence-electron chi connectivity index (χ3n) is 5.45. The Labute approximate surface area is 154 Å². The molecule has 1 fully saturated rings. The number of benzene rings is 1. The second kappa shape index (κ2) is 6.69. The van der Waals surface area contributed by atoms with Crippen LogP contribution in [0.25, 0.3) is 0 Å². The maximum atomic E-state index is 12.7. The van der Waals surface area contributed by atoms with Gasteiger partial charge < -0.3 is 4.57 Å². The lowest BCUT2D eigenvalue weighted by Gasteiger charge is -2.28. The lowest BCUT2D eigenvalue weighted by Crippen LogP contribution is -2.39. The van der Waals surface area contributed by atoms with Gasteiger partial charge in [-0.3, -0.25) is 14.9 Å². The third-order valence-corrected chi connectivity index (χ3v) is 5.45. The Hall–Kier alpha value is -2.32. The molecule has 5 nitrogen and oxygen atoms in total. The summed E-state index contributed by atoms with van der Waals surface area (Å²) in [5, 5.41) is 9.06. The largest absolute Gasteiger partial charge is 0.401 e. The number of carbonyl (C=O) groups is 1. The summed E-state index contributed by atoms with van der Waals surface area (Å²) in [6.07, 6.45) is -2.28. The standard InChI is InChI=1S/C19H20F3N3O2/c20-19(21,22)11-24-6-7-25-9-13(8-14(25)10-24)16-15(17(16)18(26)23-27)12-4-2-1-3-5-12/h1-5,8-9,15-17,27H,6-7,10-11H2,(H,23,26)/t15-,16-,17-/m1/s1. The fourth-order valence-corrected chi connectivity index (χ4v) is 4.26. The predicted octanol–water partition coefficient (Wildman–Crippen LogP) is 2.87. The molecule has 0 unspecified atom stereocenters. The highest BCUT2D eigenvalue weighted by molar-refractivity contribution is 5.84. The average Bonchev–Trinajstić information content (AvgIpc) is 3.24. The van der Waals surface area contributed by atoms with Gasteiger partial charge in [0.25, 0.3) is 0 Å². The zero-order chi connectivity index (χ0) is 19.2. The van der Waals surface area contributed by atoms with Crippen molar-refractivity contribution in [1.82, 2.24) is 14.9 Å². The number of hydrogen-bond donors (Lipinski definition) is 2. The molecule has 27 heavy (non-hydrogen) atoms. The number of aromatic nitrogens is 1. The van der Waals surface area contributed by atoms with Crippen LogP contribution >= 0.6 is 0 Å². The van der Waals surface area contributed by atoms with Crippen molar-refractivity contribution in [2.75, 3.05) is 13.1 Å². The zero-order valence-corrected chi connectivity index (χ0v) is 14.5. The topological polar surface area (TPSA) is 57.5 Å². The molecule has 0 spiro atoms. The van der Waals surface area contributed by atoms with Crippen LogP contribution in [0, 0.1) is 5.92 Å². The fraction of sp³-hybridized carbons (Fsp3) is 0.421. The minimum atomic E-state index is -4.21. The van der Waals surface area contributed by atoms with Gasteiger partial charge in [0.15, 0.2) is 0 Å². The molecule has 144 valence electrons. The van der Waals surface area contributed by atoms with E-state index in [0.717, 1.165) is 16.8 Å². The van der Waals surface area contributed by atoms with Crippen LogP contribution < -0.4 is 5.48 Å². The molecule has 1 aliphatic heterocycles. The van der Waals surface area contributed by atoms with E-state index < -0.39 is 18.6 Å². The Kier molecular flexibility index (Phi) is 4.47. The van der Waals surface area contributed by atoms with E-state index in [2.05, 4.69) is 0 Å². The summed E-state index contributed by atoms with van der Waals surface area (Å²) in [7, 11) is 0. The normalized spacial score (nSPS) is 25.1. The summed E-state index contributed by atoms with van der Waals surface area (Å²) in [6.45, 7) is 0.150. The average molecular weight is 379 g/mol. The molecule has 1 amide bonds. The van der Waals surface area contributed by atoms with Gasteiger partial charge >= 0.3 is 6.18 Å². The molecule has 0 bridgehead atoms. The summed E-state index contributed by atoms with van der Waals surface area (Å²) in [4.78, 5) is 13.5. The van der Waals surface area contributed by atoms with Crippen molar-refractivity contribution in [3.8, 4) is 0 Å². The van der Waals surface area contributed by atoms with Gasteiger partial charge in [-0.05, 0) is 17.2 Å². The second-order valence-corrected chi connectivity index (χ2v) is 7.25. The molecule has 8 heteroatoms. The van der Waals surface area contributed by atoms with E-state index in [9.17, 15) is 18.0 Å². The van der Waals surface area contributed by atoms with Crippen molar-refractivity contribution in [2.45, 2.75) is 31.1 Å². The summed E-state index contributed by atoms with van der Waals surface area (Å²) in [5.74, 6) is -0.951. The molecule has 1 aromatic heterocycles. The molecular weight excluding hydrogens is 359 g/mol. The number of nitrogens with zero attached hydrogens (tertiary/aromatic N) is 2. The maximum Gasteiger partial charge on any atom is 0.401 e. The van der Waals surface area contributed by atoms with Gasteiger partial charge in [-0.1, -0.05) is 30.3 Å². The number of fused-ring (bicyclic) bond motifs is 1. The molecular formula is C19H20F3N3O2. The van der Waals surface area contributed by atoms with Crippen molar-refractivity contribution < 1.29 is 23.2 Å². The number of rotatable bonds is 4. The zero-order valence-electron chi connectivity index (χ0n) is 14.5. The van der Waals surface area contributed by atoms with E-state index in [1.165, 1.54) is 4.90 Å². The Balaban J connectivity index is 1.56. The second-order valence-electron chi connectivity index (χ2n) is 7.25. The van der Waals surface area contributed by atoms with E-state index in [0.29, 0.717) is 13.1 Å². The first-order valence-corrected chi connectivity index (χ1v) is 8.84. The molecule has 2 aliphatic rings. The molecule has 1 aliphatic carbocycles. The molecule has 2 aromatic rings. The van der Waals surface area contributed by atoms with Gasteiger partial charge in [0.1, 0.15) is 0 Å². The van der Waals surface area contributed by atoms with Crippen LogP contribution in [0.3, 0.4) is 0 Å². The minimum Gasteiger partial charge on any atom is -0.349 e. The number of hydrogen-bond acceptors (Lipinski definition) is 3. The highest BCUT2D eigenvalue weighted by atomic mass is 19.4. The molecule has 1 aromatic carbocycles. The van der Waals surface area contributed by atoms with E-state index >= 15 is 0 Å². The third kappa shape index (κ3) is 3.59. The highest BCUT2D eigenvalue weighted by Gasteiger charge is 2.56. The van der Waals surface area contributed by atoms with E-state index in [1.54, 1.807) is 5.48 Å². The molecule has 4 rings (SSSR count). The summed E-state index contributed by atoms with van der Waals surface area (Å²) in [5.41, 5.74) is 4.51. The van der Waals surface area contributed by atoms with Gasteiger partial charge in [0, 0.05) is 43.4 Å². The van der Waals surface area contributed by atoms with Gasteiger partial charge in [-0.15, -0.1) is 0 Å². The number of hydroxylamine groups is 1. The van der Waals surface area contributed by atoms with Crippen molar-refractivity contribution in [3.63, 3.8) is 0 Å². The first-order valence-electron chi connectivity index (χ1n) is 8.84. The summed E-state index contributed by atoms with van der Waals surface area (Å²) >= 11 is 0. The first-order chi connectivity index (χ1) is 12.9. The quantitative estimate of drug-likeness (QED) is 0.635. The van der Waals surface area contributed by atoms with Crippen LogP contribution in [-0.2, 0) is 17.9 Å². The molecule has 2 N–H and O–H groups in total. The number of alkyl halides is 3. The van der Waals surface area contributed by atoms with E-state index in [-0.39, 0.29) is 24.3 Å². The smallest absolute Gasteiger partial charge is 0.349 e. The van der Waals surface area contributed by atoms with Crippen molar-refractivity contribution in [3.05, 3.63) is 59.4 Å². The first kappa shape index (κ1) is 18.1.